The maximum absolute atomic E-state index is 9.59. The summed E-state index contributed by atoms with van der Waals surface area (Å²) in [5.74, 6) is 0.305. The number of aliphatic hydroxyl groups excluding tert-OH is 1. The van der Waals surface area contributed by atoms with Gasteiger partial charge in [-0.1, -0.05) is 12.1 Å². The number of nitrogens with two attached hydrogens (primary N) is 3. The Balaban J connectivity index is 1.98. The summed E-state index contributed by atoms with van der Waals surface area (Å²) >= 11 is 0. The van der Waals surface area contributed by atoms with Crippen molar-refractivity contribution < 1.29 is 5.11 Å². The van der Waals surface area contributed by atoms with Gasteiger partial charge in [0, 0.05) is 23.5 Å². The molecule has 1 aromatic heterocycles. The van der Waals surface area contributed by atoms with Gasteiger partial charge in [0.1, 0.15) is 5.82 Å². The van der Waals surface area contributed by atoms with E-state index in [9.17, 15) is 5.11 Å². The topological polar surface area (TPSA) is 147 Å². The van der Waals surface area contributed by atoms with Gasteiger partial charge in [-0.2, -0.15) is 0 Å². The van der Waals surface area contributed by atoms with E-state index in [0.717, 1.165) is 30.0 Å². The van der Waals surface area contributed by atoms with E-state index < -0.39 is 0 Å². The number of rotatable bonds is 4. The lowest BCUT2D eigenvalue weighted by atomic mass is 10.0. The predicted octanol–water partition coefficient (Wildman–Crippen LogP) is 1.68. The first-order valence-electron chi connectivity index (χ1n) is 8.16. The van der Waals surface area contributed by atoms with Crippen molar-refractivity contribution in [2.24, 2.45) is 10.7 Å². The van der Waals surface area contributed by atoms with Crippen LogP contribution < -0.4 is 17.2 Å². The summed E-state index contributed by atoms with van der Waals surface area (Å²) in [6, 6.07) is 5.57. The van der Waals surface area contributed by atoms with Gasteiger partial charge in [-0.25, -0.2) is 4.98 Å². The minimum Gasteiger partial charge on any atom is -0.398 e. The SMILES string of the molecule is N=CC=C(N)c1ccc2c(N)c(C=NC3CCC(O)C3)c(N)nc2c1. The van der Waals surface area contributed by atoms with Gasteiger partial charge in [0.05, 0.1) is 28.9 Å². The van der Waals surface area contributed by atoms with Crippen LogP contribution in [-0.2, 0) is 0 Å². The van der Waals surface area contributed by atoms with E-state index in [0.29, 0.717) is 34.7 Å². The second-order valence-electron chi connectivity index (χ2n) is 6.24. The summed E-state index contributed by atoms with van der Waals surface area (Å²) in [6.45, 7) is 0. The van der Waals surface area contributed by atoms with Crippen LogP contribution in [0.15, 0.2) is 29.3 Å². The summed E-state index contributed by atoms with van der Waals surface area (Å²) in [5.41, 5.74) is 21.2. The van der Waals surface area contributed by atoms with Gasteiger partial charge in [0.2, 0.25) is 0 Å². The number of benzene rings is 1. The summed E-state index contributed by atoms with van der Waals surface area (Å²) in [6.07, 6.45) is 6.33. The number of anilines is 2. The van der Waals surface area contributed by atoms with Crippen LogP contribution in [0.5, 0.6) is 0 Å². The molecule has 0 saturated heterocycles. The van der Waals surface area contributed by atoms with Crippen LogP contribution in [-0.4, -0.2) is 34.7 Å². The number of aromatic nitrogens is 1. The van der Waals surface area contributed by atoms with Gasteiger partial charge in [0.25, 0.3) is 0 Å². The fourth-order valence-electron chi connectivity index (χ4n) is 3.08. The number of nitrogens with zero attached hydrogens (tertiary/aromatic N) is 2. The van der Waals surface area contributed by atoms with Crippen molar-refractivity contribution in [3.8, 4) is 0 Å². The van der Waals surface area contributed by atoms with E-state index >= 15 is 0 Å². The largest absolute Gasteiger partial charge is 0.398 e. The van der Waals surface area contributed by atoms with Crippen LogP contribution in [0.25, 0.3) is 16.6 Å². The van der Waals surface area contributed by atoms with Gasteiger partial charge in [-0.3, -0.25) is 4.99 Å². The van der Waals surface area contributed by atoms with Crippen molar-refractivity contribution >= 4 is 40.5 Å². The van der Waals surface area contributed by atoms with E-state index in [-0.39, 0.29) is 12.1 Å². The molecule has 0 radical (unpaired) electrons. The van der Waals surface area contributed by atoms with Crippen LogP contribution in [0.2, 0.25) is 0 Å². The molecule has 2 unspecified atom stereocenters. The lowest BCUT2D eigenvalue weighted by Crippen LogP contribution is -2.07. The lowest BCUT2D eigenvalue weighted by Gasteiger charge is -2.11. The molecule has 0 bridgehead atoms. The smallest absolute Gasteiger partial charge is 0.135 e. The molecule has 3 rings (SSSR count). The number of allylic oxidation sites excluding steroid dienone is 1. The summed E-state index contributed by atoms with van der Waals surface area (Å²) < 4.78 is 0. The normalized spacial score (nSPS) is 21.2. The maximum Gasteiger partial charge on any atom is 0.135 e. The van der Waals surface area contributed by atoms with Crippen molar-refractivity contribution in [1.82, 2.24) is 4.98 Å². The van der Waals surface area contributed by atoms with E-state index in [2.05, 4.69) is 9.98 Å². The standard InChI is InChI=1S/C18H22N6O/c19-6-5-15(20)10-1-4-13-16(7-10)24-18(22)14(17(13)21)9-23-11-2-3-12(25)8-11/h1,4-7,9,11-12,19,25H,2-3,8,20H2,(H4,21,22,24). The van der Waals surface area contributed by atoms with Crippen LogP contribution >= 0.6 is 0 Å². The second-order valence-corrected chi connectivity index (χ2v) is 6.24. The van der Waals surface area contributed by atoms with Gasteiger partial charge < -0.3 is 27.7 Å². The number of hydrogen-bond acceptors (Lipinski definition) is 7. The molecule has 2 atom stereocenters. The van der Waals surface area contributed by atoms with Crippen LogP contribution in [0, 0.1) is 5.41 Å². The second kappa shape index (κ2) is 6.90. The molecular formula is C18H22N6O. The molecular weight excluding hydrogens is 316 g/mol. The highest BCUT2D eigenvalue weighted by molar-refractivity contribution is 6.04. The van der Waals surface area contributed by atoms with Crippen molar-refractivity contribution in [1.29, 1.82) is 5.41 Å². The summed E-state index contributed by atoms with van der Waals surface area (Å²) in [7, 11) is 0. The Morgan fingerprint density at radius 1 is 1.32 bits per heavy atom. The summed E-state index contributed by atoms with van der Waals surface area (Å²) in [5, 5.41) is 17.5. The fraction of sp³-hybridized carbons (Fsp3) is 0.278. The first-order valence-corrected chi connectivity index (χ1v) is 8.16. The van der Waals surface area contributed by atoms with Crippen molar-refractivity contribution in [3.63, 3.8) is 0 Å². The molecule has 1 aliphatic rings. The minimum atomic E-state index is -0.274. The highest BCUT2D eigenvalue weighted by atomic mass is 16.3. The Morgan fingerprint density at radius 3 is 2.80 bits per heavy atom. The van der Waals surface area contributed by atoms with E-state index in [1.807, 2.05) is 12.1 Å². The van der Waals surface area contributed by atoms with E-state index in [4.69, 9.17) is 22.6 Å². The molecule has 0 amide bonds. The Hall–Kier alpha value is -2.93. The zero-order valence-corrected chi connectivity index (χ0v) is 13.8. The molecule has 1 fully saturated rings. The predicted molar refractivity (Wildman–Crippen MR) is 103 cm³/mol. The molecule has 2 aromatic rings. The molecule has 1 heterocycles. The minimum absolute atomic E-state index is 0.0953. The fourth-order valence-corrected chi connectivity index (χ4v) is 3.08. The molecule has 0 aliphatic heterocycles. The third-order valence-electron chi connectivity index (χ3n) is 4.48. The van der Waals surface area contributed by atoms with Gasteiger partial charge >= 0.3 is 0 Å². The first-order chi connectivity index (χ1) is 12.0. The van der Waals surface area contributed by atoms with Gasteiger partial charge in [-0.15, -0.1) is 0 Å². The lowest BCUT2D eigenvalue weighted by molar-refractivity contribution is 0.181. The van der Waals surface area contributed by atoms with Crippen molar-refractivity contribution in [3.05, 3.63) is 35.4 Å². The van der Waals surface area contributed by atoms with E-state index in [1.54, 1.807) is 12.3 Å². The van der Waals surface area contributed by atoms with Crippen molar-refractivity contribution in [2.45, 2.75) is 31.4 Å². The monoisotopic (exact) mass is 338 g/mol. The van der Waals surface area contributed by atoms with Gasteiger partial charge in [-0.05, 0) is 37.0 Å². The Kier molecular flexibility index (Phi) is 4.67. The third-order valence-corrected chi connectivity index (χ3v) is 4.48. The maximum atomic E-state index is 9.59. The van der Waals surface area contributed by atoms with Crippen LogP contribution in [0.3, 0.4) is 0 Å². The first kappa shape index (κ1) is 16.9. The number of nitrogens with one attached hydrogen (secondary N) is 1. The molecule has 1 saturated carbocycles. The quantitative estimate of drug-likeness (QED) is 0.538. The number of pyridine rings is 1. The zero-order chi connectivity index (χ0) is 18.0. The van der Waals surface area contributed by atoms with Crippen LogP contribution in [0.1, 0.15) is 30.4 Å². The number of aliphatic hydroxyl groups is 1. The molecule has 7 heteroatoms. The van der Waals surface area contributed by atoms with Gasteiger partial charge in [0.15, 0.2) is 0 Å². The molecule has 1 aromatic carbocycles. The average Bonchev–Trinajstić information content (AvgIpc) is 2.99. The Morgan fingerprint density at radius 2 is 2.12 bits per heavy atom. The third kappa shape index (κ3) is 3.46. The molecule has 25 heavy (non-hydrogen) atoms. The number of aliphatic imine (C=N–C) groups is 1. The number of fused-ring (bicyclic) bond motifs is 1. The Labute approximate surface area is 145 Å². The van der Waals surface area contributed by atoms with Crippen LogP contribution in [0.4, 0.5) is 11.5 Å². The average molecular weight is 338 g/mol. The highest BCUT2D eigenvalue weighted by Crippen LogP contribution is 2.29. The molecule has 7 nitrogen and oxygen atoms in total. The Bertz CT molecular complexity index is 873. The highest BCUT2D eigenvalue weighted by Gasteiger charge is 2.21. The molecule has 1 aliphatic carbocycles. The number of nitrogen functional groups attached to an aromatic ring is 2. The van der Waals surface area contributed by atoms with E-state index in [1.165, 1.54) is 6.08 Å². The zero-order valence-electron chi connectivity index (χ0n) is 13.8. The summed E-state index contributed by atoms with van der Waals surface area (Å²) in [4.78, 5) is 8.92. The van der Waals surface area contributed by atoms with Crippen molar-refractivity contribution in [2.75, 3.05) is 11.5 Å². The molecule has 8 N–H and O–H groups in total. The molecule has 130 valence electrons. The molecule has 0 spiro atoms. The number of hydrogen-bond donors (Lipinski definition) is 5.